The van der Waals surface area contributed by atoms with Crippen molar-refractivity contribution >= 4 is 32.5 Å². The van der Waals surface area contributed by atoms with Crippen LogP contribution in [0.25, 0.3) is 0 Å². The number of carbonyl (C=O) groups excluding carboxylic acids is 1. The van der Waals surface area contributed by atoms with Gasteiger partial charge in [-0.2, -0.15) is 0 Å². The van der Waals surface area contributed by atoms with E-state index in [-0.39, 0.29) is 28.2 Å². The van der Waals surface area contributed by atoms with E-state index in [1.807, 2.05) is 0 Å². The van der Waals surface area contributed by atoms with Crippen molar-refractivity contribution in [3.05, 3.63) is 191 Å². The summed E-state index contributed by atoms with van der Waals surface area (Å²) in [6, 6.07) is 48.6. The molecule has 6 aromatic rings. The zero-order chi connectivity index (χ0) is 42.6. The van der Waals surface area contributed by atoms with Crippen molar-refractivity contribution in [1.29, 1.82) is 0 Å². The smallest absolute Gasteiger partial charge is 0.380 e. The van der Waals surface area contributed by atoms with Crippen LogP contribution in [0.4, 0.5) is 0 Å². The Bertz CT molecular complexity index is 2660. The number of aliphatic hydroxyl groups excluding tert-OH is 1. The molecule has 1 unspecified atom stereocenters. The summed E-state index contributed by atoms with van der Waals surface area (Å²) in [5.41, 5.74) is 5.55. The van der Waals surface area contributed by atoms with E-state index in [4.69, 9.17) is 4.65 Å². The second-order valence-electron chi connectivity index (χ2n) is 16.1. The molecule has 0 radical (unpaired) electrons. The minimum absolute atomic E-state index is 0.106. The fourth-order valence-electron chi connectivity index (χ4n) is 9.33. The van der Waals surface area contributed by atoms with Crippen molar-refractivity contribution in [2.45, 2.75) is 95.5 Å². The number of sulfone groups is 2. The largest absolute Gasteiger partial charge is 0.406 e. The minimum Gasteiger partial charge on any atom is -0.406 e. The molecule has 0 bridgehead atoms. The molecular formula is C50H50BNO7S2. The number of benzene rings is 6. The van der Waals surface area contributed by atoms with Gasteiger partial charge in [0.05, 0.1) is 25.7 Å². The van der Waals surface area contributed by atoms with E-state index in [1.54, 1.807) is 91.0 Å². The van der Waals surface area contributed by atoms with Crippen LogP contribution < -0.4 is 0 Å². The van der Waals surface area contributed by atoms with Gasteiger partial charge in [0, 0.05) is 18.0 Å². The van der Waals surface area contributed by atoms with Crippen LogP contribution in [0.2, 0.25) is 6.82 Å². The first kappa shape index (κ1) is 42.5. The SMILES string of the molecule is CB1OC(c2ccccc2)(c2ccccc2)C2CCCN12.O=C1CCCc2cc(S(=O)(=O)c3ccccc3)ccc21.O=S(=O)(c1ccccc1)c1ccc2c(c1)CCC[C@@H]2O. The van der Waals surface area contributed by atoms with E-state index in [0.717, 1.165) is 55.3 Å². The summed E-state index contributed by atoms with van der Waals surface area (Å²) < 4.78 is 56.7. The average Bonchev–Trinajstić information content (AvgIpc) is 3.91. The Morgan fingerprint density at radius 2 is 1.10 bits per heavy atom. The van der Waals surface area contributed by atoms with Crippen molar-refractivity contribution in [1.82, 2.24) is 4.81 Å². The van der Waals surface area contributed by atoms with Crippen molar-refractivity contribution < 1.29 is 31.4 Å². The lowest BCUT2D eigenvalue weighted by Crippen LogP contribution is -2.41. The summed E-state index contributed by atoms with van der Waals surface area (Å²) >= 11 is 0. The van der Waals surface area contributed by atoms with Gasteiger partial charge in [0.2, 0.25) is 19.7 Å². The maximum atomic E-state index is 12.5. The molecule has 8 nitrogen and oxygen atoms in total. The number of nitrogens with zero attached hydrogens (tertiary/aromatic N) is 1. The molecule has 0 saturated carbocycles. The van der Waals surface area contributed by atoms with E-state index in [2.05, 4.69) is 72.3 Å². The summed E-state index contributed by atoms with van der Waals surface area (Å²) in [6.45, 7) is 3.33. The molecule has 2 atom stereocenters. The highest BCUT2D eigenvalue weighted by Crippen LogP contribution is 2.48. The molecule has 2 heterocycles. The van der Waals surface area contributed by atoms with Gasteiger partial charge in [-0.1, -0.05) is 103 Å². The number of fused-ring (bicyclic) bond motifs is 3. The minimum atomic E-state index is -3.50. The fraction of sp³-hybridized carbons (Fsp3) is 0.260. The Kier molecular flexibility index (Phi) is 12.6. The Hall–Kier alpha value is -5.17. The second kappa shape index (κ2) is 18.0. The van der Waals surface area contributed by atoms with Gasteiger partial charge in [-0.05, 0) is 141 Å². The molecule has 4 aliphatic rings. The third-order valence-corrected chi connectivity index (χ3v) is 15.9. The third-order valence-electron chi connectivity index (χ3n) is 12.3. The molecule has 2 aliphatic heterocycles. The van der Waals surface area contributed by atoms with Crippen LogP contribution >= 0.6 is 0 Å². The maximum absolute atomic E-state index is 12.5. The lowest BCUT2D eigenvalue weighted by atomic mass is 9.79. The van der Waals surface area contributed by atoms with Crippen LogP contribution in [0.3, 0.4) is 0 Å². The van der Waals surface area contributed by atoms with E-state index >= 15 is 0 Å². The second-order valence-corrected chi connectivity index (χ2v) is 20.0. The van der Waals surface area contributed by atoms with E-state index < -0.39 is 25.8 Å². The number of hydrogen-bond acceptors (Lipinski definition) is 8. The molecule has 6 aromatic carbocycles. The van der Waals surface area contributed by atoms with E-state index in [0.29, 0.717) is 27.8 Å². The van der Waals surface area contributed by atoms with Gasteiger partial charge in [-0.3, -0.25) is 4.79 Å². The Balaban J connectivity index is 0.000000126. The van der Waals surface area contributed by atoms with Crippen LogP contribution in [0.15, 0.2) is 177 Å². The molecule has 11 heteroatoms. The molecule has 2 aliphatic carbocycles. The van der Waals surface area contributed by atoms with Crippen molar-refractivity contribution in [2.24, 2.45) is 0 Å². The van der Waals surface area contributed by atoms with Crippen LogP contribution in [0, 0.1) is 0 Å². The van der Waals surface area contributed by atoms with Crippen LogP contribution in [0.5, 0.6) is 0 Å². The highest BCUT2D eigenvalue weighted by molar-refractivity contribution is 7.91. The lowest BCUT2D eigenvalue weighted by molar-refractivity contribution is 0.0972. The summed E-state index contributed by atoms with van der Waals surface area (Å²) in [4.78, 5) is 15.4. The van der Waals surface area contributed by atoms with Crippen LogP contribution in [-0.4, -0.2) is 52.2 Å². The zero-order valence-electron chi connectivity index (χ0n) is 34.3. The highest BCUT2D eigenvalue weighted by Gasteiger charge is 2.56. The van der Waals surface area contributed by atoms with Gasteiger partial charge < -0.3 is 14.6 Å². The summed E-state index contributed by atoms with van der Waals surface area (Å²) in [5, 5.41) is 9.92. The zero-order valence-corrected chi connectivity index (χ0v) is 35.9. The Morgan fingerprint density at radius 3 is 1.67 bits per heavy atom. The number of Topliss-reactive ketones (excluding diaryl/α,β-unsaturated/α-hetero) is 1. The quantitative estimate of drug-likeness (QED) is 0.165. The van der Waals surface area contributed by atoms with Gasteiger partial charge in [-0.25, -0.2) is 16.8 Å². The molecule has 312 valence electrons. The number of rotatable bonds is 6. The van der Waals surface area contributed by atoms with Crippen molar-refractivity contribution in [2.75, 3.05) is 6.54 Å². The van der Waals surface area contributed by atoms with E-state index in [1.165, 1.54) is 30.0 Å². The molecule has 2 saturated heterocycles. The van der Waals surface area contributed by atoms with Gasteiger partial charge >= 0.3 is 7.05 Å². The van der Waals surface area contributed by atoms with Crippen molar-refractivity contribution in [3.63, 3.8) is 0 Å². The Morgan fingerprint density at radius 1 is 0.590 bits per heavy atom. The number of ketones is 1. The maximum Gasteiger partial charge on any atom is 0.380 e. The molecule has 1 N–H and O–H groups in total. The average molecular weight is 852 g/mol. The first-order valence-electron chi connectivity index (χ1n) is 21.1. The fourth-order valence-corrected chi connectivity index (χ4v) is 12.0. The number of carbonyl (C=O) groups is 1. The molecule has 10 rings (SSSR count). The highest BCUT2D eigenvalue weighted by atomic mass is 32.2. The summed E-state index contributed by atoms with van der Waals surface area (Å²) in [5.74, 6) is 0.106. The van der Waals surface area contributed by atoms with Gasteiger partial charge in [-0.15, -0.1) is 0 Å². The first-order chi connectivity index (χ1) is 29.5. The summed E-state index contributed by atoms with van der Waals surface area (Å²) in [7, 11) is -6.79. The molecule has 0 amide bonds. The topological polar surface area (TPSA) is 118 Å². The van der Waals surface area contributed by atoms with Gasteiger partial charge in [0.1, 0.15) is 5.60 Å². The van der Waals surface area contributed by atoms with E-state index in [9.17, 15) is 26.7 Å². The third kappa shape index (κ3) is 8.55. The number of aryl methyl sites for hydroxylation is 2. The molecule has 0 spiro atoms. The van der Waals surface area contributed by atoms with Crippen LogP contribution in [-0.2, 0) is 42.8 Å². The van der Waals surface area contributed by atoms with Crippen LogP contribution in [0.1, 0.15) is 82.8 Å². The standard InChI is InChI=1S/C18H20BNO.C16H16O3S.C16H14O3S/c1-19-20-14-8-13-17(20)18(21-19,15-9-4-2-5-10-15)16-11-6-3-7-12-16;2*17-16-8-4-5-12-11-14(9-10-15(12)16)20(18,19)13-6-2-1-3-7-13/h2-7,9-12,17H,8,13-14H2,1H3;1-3,6-7,9-11,16-17H,4-5,8H2;1-3,6-7,9-11H,4-5,8H2/t;16-;/m.0./s1. The Labute approximate surface area is 360 Å². The monoisotopic (exact) mass is 851 g/mol. The lowest BCUT2D eigenvalue weighted by Gasteiger charge is -2.36. The molecular weight excluding hydrogens is 801 g/mol. The van der Waals surface area contributed by atoms with Gasteiger partial charge in [0.15, 0.2) is 5.78 Å². The predicted octanol–water partition coefficient (Wildman–Crippen LogP) is 9.47. The normalized spacial score (nSPS) is 19.3. The van der Waals surface area contributed by atoms with Gasteiger partial charge in [0.25, 0.3) is 0 Å². The number of aliphatic hydroxyl groups is 1. The predicted molar refractivity (Wildman–Crippen MR) is 238 cm³/mol. The number of hydrogen-bond donors (Lipinski definition) is 1. The van der Waals surface area contributed by atoms with Crippen molar-refractivity contribution in [3.8, 4) is 0 Å². The molecule has 61 heavy (non-hydrogen) atoms. The first-order valence-corrected chi connectivity index (χ1v) is 24.1. The molecule has 0 aromatic heterocycles. The summed E-state index contributed by atoms with van der Waals surface area (Å²) in [6.07, 6.45) is 6.57. The molecule has 2 fully saturated rings.